The molecule has 17 heavy (non-hydrogen) atoms. The number of amides is 1. The lowest BCUT2D eigenvalue weighted by Gasteiger charge is -2.16. The third-order valence-corrected chi connectivity index (χ3v) is 4.29. The van der Waals surface area contributed by atoms with Crippen LogP contribution in [0.3, 0.4) is 0 Å². The molecule has 1 aliphatic heterocycles. The highest BCUT2D eigenvalue weighted by Crippen LogP contribution is 2.25. The Morgan fingerprint density at radius 2 is 2.35 bits per heavy atom. The van der Waals surface area contributed by atoms with Crippen molar-refractivity contribution in [1.29, 1.82) is 0 Å². The summed E-state index contributed by atoms with van der Waals surface area (Å²) in [5.74, 6) is 0.494. The normalized spacial score (nSPS) is 19.7. The van der Waals surface area contributed by atoms with Crippen LogP contribution in [0.15, 0.2) is 22.7 Å². The smallest absolute Gasteiger partial charge is 0.253 e. The highest BCUT2D eigenvalue weighted by Gasteiger charge is 2.26. The van der Waals surface area contributed by atoms with Gasteiger partial charge in [-0.1, -0.05) is 11.6 Å². The van der Waals surface area contributed by atoms with Crippen LogP contribution in [0.5, 0.6) is 0 Å². The number of halogens is 2. The van der Waals surface area contributed by atoms with E-state index in [2.05, 4.69) is 15.9 Å². The van der Waals surface area contributed by atoms with Gasteiger partial charge in [-0.25, -0.2) is 0 Å². The van der Waals surface area contributed by atoms with E-state index in [9.17, 15) is 4.79 Å². The SMILES string of the molecule is NCC1CCN(C(=O)c2ccc(Cl)c(Br)c2)C1. The molecular weight excluding hydrogens is 304 g/mol. The van der Waals surface area contributed by atoms with Crippen molar-refractivity contribution in [3.63, 3.8) is 0 Å². The van der Waals surface area contributed by atoms with Gasteiger partial charge in [-0.05, 0) is 53.0 Å². The zero-order valence-electron chi connectivity index (χ0n) is 9.33. The van der Waals surface area contributed by atoms with Crippen molar-refractivity contribution in [2.45, 2.75) is 6.42 Å². The van der Waals surface area contributed by atoms with Gasteiger partial charge < -0.3 is 10.6 Å². The zero-order chi connectivity index (χ0) is 12.4. The summed E-state index contributed by atoms with van der Waals surface area (Å²) < 4.78 is 0.750. The first-order chi connectivity index (χ1) is 8.11. The lowest BCUT2D eigenvalue weighted by atomic mass is 10.1. The average Bonchev–Trinajstić information content (AvgIpc) is 2.80. The first-order valence-corrected chi connectivity index (χ1v) is 6.73. The maximum Gasteiger partial charge on any atom is 0.253 e. The molecule has 3 nitrogen and oxygen atoms in total. The molecule has 0 saturated carbocycles. The van der Waals surface area contributed by atoms with Gasteiger partial charge in [-0.3, -0.25) is 4.79 Å². The van der Waals surface area contributed by atoms with Gasteiger partial charge in [0, 0.05) is 23.1 Å². The van der Waals surface area contributed by atoms with Crippen molar-refractivity contribution in [3.8, 4) is 0 Å². The average molecular weight is 318 g/mol. The first-order valence-electron chi connectivity index (χ1n) is 5.56. The molecular formula is C12H14BrClN2O. The number of benzene rings is 1. The fourth-order valence-electron chi connectivity index (χ4n) is 2.02. The van der Waals surface area contributed by atoms with Crippen molar-refractivity contribution in [2.24, 2.45) is 11.7 Å². The molecule has 1 aromatic carbocycles. The van der Waals surface area contributed by atoms with Gasteiger partial charge in [-0.15, -0.1) is 0 Å². The van der Waals surface area contributed by atoms with Crippen LogP contribution < -0.4 is 5.73 Å². The van der Waals surface area contributed by atoms with E-state index in [0.29, 0.717) is 23.0 Å². The molecule has 92 valence electrons. The maximum atomic E-state index is 12.2. The van der Waals surface area contributed by atoms with E-state index >= 15 is 0 Å². The standard InChI is InChI=1S/C12H14BrClN2O/c13-10-5-9(1-2-11(10)14)12(17)16-4-3-8(6-15)7-16/h1-2,5,8H,3-4,6-7,15H2. The third kappa shape index (κ3) is 2.81. The predicted molar refractivity (Wildman–Crippen MR) is 72.2 cm³/mol. The fraction of sp³-hybridized carbons (Fsp3) is 0.417. The van der Waals surface area contributed by atoms with E-state index in [0.717, 1.165) is 24.0 Å². The Morgan fingerprint density at radius 3 is 2.94 bits per heavy atom. The molecule has 1 aromatic rings. The minimum Gasteiger partial charge on any atom is -0.338 e. The Balaban J connectivity index is 2.12. The number of rotatable bonds is 2. The zero-order valence-corrected chi connectivity index (χ0v) is 11.7. The molecule has 0 aliphatic carbocycles. The van der Waals surface area contributed by atoms with Gasteiger partial charge in [-0.2, -0.15) is 0 Å². The number of hydrogen-bond donors (Lipinski definition) is 1. The lowest BCUT2D eigenvalue weighted by molar-refractivity contribution is 0.0787. The quantitative estimate of drug-likeness (QED) is 0.911. The van der Waals surface area contributed by atoms with Gasteiger partial charge in [0.05, 0.1) is 5.02 Å². The monoisotopic (exact) mass is 316 g/mol. The summed E-state index contributed by atoms with van der Waals surface area (Å²) in [7, 11) is 0. The van der Waals surface area contributed by atoms with Crippen LogP contribution in [0, 0.1) is 5.92 Å². The van der Waals surface area contributed by atoms with E-state index in [-0.39, 0.29) is 5.91 Å². The summed E-state index contributed by atoms with van der Waals surface area (Å²) in [4.78, 5) is 14.0. The largest absolute Gasteiger partial charge is 0.338 e. The number of nitrogens with zero attached hydrogens (tertiary/aromatic N) is 1. The Hall–Kier alpha value is -0.580. The second-order valence-electron chi connectivity index (χ2n) is 4.27. The van der Waals surface area contributed by atoms with Crippen LogP contribution in [0.25, 0.3) is 0 Å². The Kier molecular flexibility index (Phi) is 4.07. The molecule has 1 aliphatic rings. The summed E-state index contributed by atoms with van der Waals surface area (Å²) >= 11 is 9.23. The van der Waals surface area contributed by atoms with Crippen molar-refractivity contribution in [2.75, 3.05) is 19.6 Å². The van der Waals surface area contributed by atoms with Crippen molar-refractivity contribution >= 4 is 33.4 Å². The van der Waals surface area contributed by atoms with Crippen molar-refractivity contribution in [3.05, 3.63) is 33.3 Å². The number of hydrogen-bond acceptors (Lipinski definition) is 2. The van der Waals surface area contributed by atoms with Crippen LogP contribution in [-0.2, 0) is 0 Å². The van der Waals surface area contributed by atoms with E-state index in [1.54, 1.807) is 18.2 Å². The van der Waals surface area contributed by atoms with Gasteiger partial charge in [0.2, 0.25) is 0 Å². The summed E-state index contributed by atoms with van der Waals surface area (Å²) in [5.41, 5.74) is 6.28. The summed E-state index contributed by atoms with van der Waals surface area (Å²) in [5, 5.41) is 0.614. The molecule has 0 bridgehead atoms. The summed E-state index contributed by atoms with van der Waals surface area (Å²) in [6.07, 6.45) is 0.997. The molecule has 2 rings (SSSR count). The highest BCUT2D eigenvalue weighted by molar-refractivity contribution is 9.10. The Morgan fingerprint density at radius 1 is 1.59 bits per heavy atom. The van der Waals surface area contributed by atoms with Crippen LogP contribution in [0.4, 0.5) is 0 Å². The van der Waals surface area contributed by atoms with E-state index < -0.39 is 0 Å². The molecule has 5 heteroatoms. The minimum atomic E-state index is 0.0540. The van der Waals surface area contributed by atoms with Gasteiger partial charge >= 0.3 is 0 Å². The van der Waals surface area contributed by atoms with Gasteiger partial charge in [0.1, 0.15) is 0 Å². The molecule has 1 amide bonds. The van der Waals surface area contributed by atoms with Crippen LogP contribution >= 0.6 is 27.5 Å². The summed E-state index contributed by atoms with van der Waals surface area (Å²) in [6, 6.07) is 5.25. The molecule has 1 atom stereocenters. The molecule has 1 fully saturated rings. The number of carbonyl (C=O) groups excluding carboxylic acids is 1. The molecule has 1 saturated heterocycles. The van der Waals surface area contributed by atoms with Crippen molar-refractivity contribution < 1.29 is 4.79 Å². The molecule has 2 N–H and O–H groups in total. The maximum absolute atomic E-state index is 12.2. The number of carbonyl (C=O) groups is 1. The predicted octanol–water partition coefficient (Wildman–Crippen LogP) is 2.52. The van der Waals surface area contributed by atoms with Crippen LogP contribution in [0.1, 0.15) is 16.8 Å². The van der Waals surface area contributed by atoms with Crippen LogP contribution in [-0.4, -0.2) is 30.4 Å². The summed E-state index contributed by atoms with van der Waals surface area (Å²) in [6.45, 7) is 2.20. The van der Waals surface area contributed by atoms with Gasteiger partial charge in [0.15, 0.2) is 0 Å². The second kappa shape index (κ2) is 5.38. The first kappa shape index (κ1) is 12.9. The van der Waals surface area contributed by atoms with E-state index in [1.165, 1.54) is 0 Å². The van der Waals surface area contributed by atoms with E-state index in [4.69, 9.17) is 17.3 Å². The number of nitrogens with two attached hydrogens (primary N) is 1. The Labute approximate surface area is 114 Å². The molecule has 1 heterocycles. The van der Waals surface area contributed by atoms with Gasteiger partial charge in [0.25, 0.3) is 5.91 Å². The molecule has 1 unspecified atom stereocenters. The minimum absolute atomic E-state index is 0.0540. The lowest BCUT2D eigenvalue weighted by Crippen LogP contribution is -2.29. The Bertz CT molecular complexity index is 439. The molecule has 0 aromatic heterocycles. The van der Waals surface area contributed by atoms with E-state index in [1.807, 2.05) is 4.90 Å². The van der Waals surface area contributed by atoms with Crippen molar-refractivity contribution in [1.82, 2.24) is 4.90 Å². The topological polar surface area (TPSA) is 46.3 Å². The molecule has 0 radical (unpaired) electrons. The highest BCUT2D eigenvalue weighted by atomic mass is 79.9. The molecule has 0 spiro atoms. The fourth-order valence-corrected chi connectivity index (χ4v) is 2.52. The van der Waals surface area contributed by atoms with Crippen LogP contribution in [0.2, 0.25) is 5.02 Å². The second-order valence-corrected chi connectivity index (χ2v) is 5.53. The third-order valence-electron chi connectivity index (χ3n) is 3.07. The number of likely N-dealkylation sites (tertiary alicyclic amines) is 1.